The first-order chi connectivity index (χ1) is 9.50. The number of hydrogen-bond donors (Lipinski definition) is 1. The SMILES string of the molecule is CC(O)N(c1ccccc1)c1ccc(Cl)cc1[N+](=O)[O-]. The lowest BCUT2D eigenvalue weighted by Crippen LogP contribution is -2.28. The third-order valence-electron chi connectivity index (χ3n) is 2.80. The van der Waals surface area contributed by atoms with Gasteiger partial charge in [0.05, 0.1) is 4.92 Å². The number of halogens is 1. The fourth-order valence-electron chi connectivity index (χ4n) is 1.99. The quantitative estimate of drug-likeness (QED) is 0.530. The first-order valence-corrected chi connectivity index (χ1v) is 6.35. The molecule has 0 aromatic heterocycles. The number of para-hydroxylation sites is 1. The van der Waals surface area contributed by atoms with E-state index in [0.717, 1.165) is 0 Å². The van der Waals surface area contributed by atoms with Crippen molar-refractivity contribution in [3.05, 3.63) is 63.7 Å². The normalized spacial score (nSPS) is 11.9. The van der Waals surface area contributed by atoms with Crippen molar-refractivity contribution in [1.29, 1.82) is 0 Å². The number of nitrogens with zero attached hydrogens (tertiary/aromatic N) is 2. The van der Waals surface area contributed by atoms with Gasteiger partial charge in [-0.1, -0.05) is 29.8 Å². The summed E-state index contributed by atoms with van der Waals surface area (Å²) < 4.78 is 0. The van der Waals surface area contributed by atoms with Crippen LogP contribution in [0.15, 0.2) is 48.5 Å². The number of benzene rings is 2. The van der Waals surface area contributed by atoms with Crippen molar-refractivity contribution in [2.45, 2.75) is 13.2 Å². The number of hydrogen-bond acceptors (Lipinski definition) is 4. The Morgan fingerprint density at radius 1 is 1.25 bits per heavy atom. The van der Waals surface area contributed by atoms with E-state index in [9.17, 15) is 15.2 Å². The van der Waals surface area contributed by atoms with E-state index in [1.165, 1.54) is 17.0 Å². The zero-order valence-corrected chi connectivity index (χ0v) is 11.5. The minimum Gasteiger partial charge on any atom is -0.374 e. The van der Waals surface area contributed by atoms with Gasteiger partial charge in [-0.15, -0.1) is 0 Å². The number of nitro groups is 1. The predicted octanol–water partition coefficient (Wildman–Crippen LogP) is 3.72. The van der Waals surface area contributed by atoms with E-state index < -0.39 is 11.2 Å². The molecule has 104 valence electrons. The van der Waals surface area contributed by atoms with Gasteiger partial charge < -0.3 is 10.0 Å². The molecule has 2 aromatic carbocycles. The van der Waals surface area contributed by atoms with Crippen molar-refractivity contribution < 1.29 is 10.0 Å². The zero-order valence-electron chi connectivity index (χ0n) is 10.7. The standard InChI is InChI=1S/C14H13ClN2O3/c1-10(18)16(12-5-3-2-4-6-12)13-8-7-11(15)9-14(13)17(19)20/h2-10,18H,1H3. The Hall–Kier alpha value is -2.11. The highest BCUT2D eigenvalue weighted by atomic mass is 35.5. The fourth-order valence-corrected chi connectivity index (χ4v) is 2.16. The van der Waals surface area contributed by atoms with Crippen LogP contribution >= 0.6 is 11.6 Å². The van der Waals surface area contributed by atoms with Crippen LogP contribution in [0.25, 0.3) is 0 Å². The summed E-state index contributed by atoms with van der Waals surface area (Å²) in [5.74, 6) is 0. The summed E-state index contributed by atoms with van der Waals surface area (Å²) in [4.78, 5) is 12.1. The molecule has 0 saturated carbocycles. The Morgan fingerprint density at radius 3 is 2.45 bits per heavy atom. The van der Waals surface area contributed by atoms with E-state index in [0.29, 0.717) is 11.4 Å². The Bertz CT molecular complexity index is 617. The topological polar surface area (TPSA) is 66.6 Å². The molecular weight excluding hydrogens is 280 g/mol. The summed E-state index contributed by atoms with van der Waals surface area (Å²) in [5.41, 5.74) is 0.802. The summed E-state index contributed by atoms with van der Waals surface area (Å²) in [6, 6.07) is 13.3. The lowest BCUT2D eigenvalue weighted by Gasteiger charge is -2.27. The number of nitro benzene ring substituents is 1. The molecule has 1 N–H and O–H groups in total. The maximum Gasteiger partial charge on any atom is 0.294 e. The third-order valence-corrected chi connectivity index (χ3v) is 3.04. The molecule has 0 bridgehead atoms. The summed E-state index contributed by atoms with van der Waals surface area (Å²) in [7, 11) is 0. The molecule has 1 atom stereocenters. The van der Waals surface area contributed by atoms with Crippen LogP contribution in [0.2, 0.25) is 5.02 Å². The molecule has 0 radical (unpaired) electrons. The molecular formula is C14H13ClN2O3. The van der Waals surface area contributed by atoms with Crippen LogP contribution in [0.3, 0.4) is 0 Å². The second-order valence-corrected chi connectivity index (χ2v) is 4.66. The van der Waals surface area contributed by atoms with Crippen LogP contribution in [0.1, 0.15) is 6.92 Å². The maximum atomic E-state index is 11.2. The average molecular weight is 293 g/mol. The molecule has 2 aromatic rings. The number of aliphatic hydroxyl groups excluding tert-OH is 1. The molecule has 0 fully saturated rings. The molecule has 0 aliphatic carbocycles. The van der Waals surface area contributed by atoms with Crippen molar-refractivity contribution >= 4 is 28.7 Å². The van der Waals surface area contributed by atoms with Crippen molar-refractivity contribution in [1.82, 2.24) is 0 Å². The van der Waals surface area contributed by atoms with Crippen LogP contribution in [-0.2, 0) is 0 Å². The van der Waals surface area contributed by atoms with Gasteiger partial charge in [-0.25, -0.2) is 0 Å². The Morgan fingerprint density at radius 2 is 1.90 bits per heavy atom. The minimum atomic E-state index is -0.919. The summed E-state index contributed by atoms with van der Waals surface area (Å²) in [6.45, 7) is 1.55. The summed E-state index contributed by atoms with van der Waals surface area (Å²) in [5, 5.41) is 21.4. The van der Waals surface area contributed by atoms with Gasteiger partial charge in [0.15, 0.2) is 0 Å². The highest BCUT2D eigenvalue weighted by Gasteiger charge is 2.23. The maximum absolute atomic E-state index is 11.2. The average Bonchev–Trinajstić information content (AvgIpc) is 2.41. The summed E-state index contributed by atoms with van der Waals surface area (Å²) >= 11 is 5.81. The summed E-state index contributed by atoms with van der Waals surface area (Å²) in [6.07, 6.45) is -0.919. The van der Waals surface area contributed by atoms with E-state index in [-0.39, 0.29) is 10.7 Å². The van der Waals surface area contributed by atoms with Gasteiger partial charge in [0.1, 0.15) is 11.9 Å². The van der Waals surface area contributed by atoms with Gasteiger partial charge in [-0.3, -0.25) is 10.1 Å². The van der Waals surface area contributed by atoms with E-state index in [1.54, 1.807) is 37.3 Å². The Balaban J connectivity index is 2.59. The van der Waals surface area contributed by atoms with Gasteiger partial charge in [0.25, 0.3) is 5.69 Å². The monoisotopic (exact) mass is 292 g/mol. The molecule has 1 unspecified atom stereocenters. The van der Waals surface area contributed by atoms with Crippen LogP contribution in [0.5, 0.6) is 0 Å². The van der Waals surface area contributed by atoms with Crippen LogP contribution in [-0.4, -0.2) is 16.3 Å². The molecule has 5 nitrogen and oxygen atoms in total. The van der Waals surface area contributed by atoms with Crippen LogP contribution in [0.4, 0.5) is 17.1 Å². The largest absolute Gasteiger partial charge is 0.374 e. The third kappa shape index (κ3) is 2.89. The smallest absolute Gasteiger partial charge is 0.294 e. The molecule has 2 rings (SSSR count). The van der Waals surface area contributed by atoms with Crippen LogP contribution in [0, 0.1) is 10.1 Å². The van der Waals surface area contributed by atoms with Gasteiger partial charge in [0.2, 0.25) is 0 Å². The van der Waals surface area contributed by atoms with E-state index in [4.69, 9.17) is 11.6 Å². The number of aliphatic hydroxyl groups is 1. The zero-order chi connectivity index (χ0) is 14.7. The fraction of sp³-hybridized carbons (Fsp3) is 0.143. The highest BCUT2D eigenvalue weighted by molar-refractivity contribution is 6.30. The highest BCUT2D eigenvalue weighted by Crippen LogP contribution is 2.36. The molecule has 0 amide bonds. The molecule has 6 heteroatoms. The molecule has 0 aliphatic rings. The van der Waals surface area contributed by atoms with E-state index in [2.05, 4.69) is 0 Å². The predicted molar refractivity (Wildman–Crippen MR) is 78.4 cm³/mol. The van der Waals surface area contributed by atoms with E-state index in [1.807, 2.05) is 6.07 Å². The molecule has 0 aliphatic heterocycles. The molecule has 0 saturated heterocycles. The Labute approximate surface area is 121 Å². The molecule has 0 heterocycles. The van der Waals surface area contributed by atoms with Gasteiger partial charge >= 0.3 is 0 Å². The van der Waals surface area contributed by atoms with Crippen molar-refractivity contribution in [3.8, 4) is 0 Å². The van der Waals surface area contributed by atoms with Gasteiger partial charge in [-0.05, 0) is 31.2 Å². The van der Waals surface area contributed by atoms with Crippen LogP contribution < -0.4 is 4.90 Å². The van der Waals surface area contributed by atoms with Crippen molar-refractivity contribution in [2.24, 2.45) is 0 Å². The Kier molecular flexibility index (Phi) is 4.22. The lowest BCUT2D eigenvalue weighted by atomic mass is 10.2. The molecule has 0 spiro atoms. The first-order valence-electron chi connectivity index (χ1n) is 5.97. The number of rotatable bonds is 4. The van der Waals surface area contributed by atoms with Gasteiger partial charge in [0, 0.05) is 16.8 Å². The second-order valence-electron chi connectivity index (χ2n) is 4.23. The van der Waals surface area contributed by atoms with Crippen molar-refractivity contribution in [3.63, 3.8) is 0 Å². The number of anilines is 2. The first kappa shape index (κ1) is 14.3. The second kappa shape index (κ2) is 5.90. The van der Waals surface area contributed by atoms with Gasteiger partial charge in [-0.2, -0.15) is 0 Å². The minimum absolute atomic E-state index is 0.151. The van der Waals surface area contributed by atoms with Crippen molar-refractivity contribution in [2.75, 3.05) is 4.90 Å². The van der Waals surface area contributed by atoms with E-state index >= 15 is 0 Å². The molecule has 20 heavy (non-hydrogen) atoms. The lowest BCUT2D eigenvalue weighted by molar-refractivity contribution is -0.384.